The quantitative estimate of drug-likeness (QED) is 0.907. The number of ether oxygens (including phenoxy) is 1. The van der Waals surface area contributed by atoms with Gasteiger partial charge in [0.25, 0.3) is 0 Å². The average Bonchev–Trinajstić information content (AvgIpc) is 2.76. The molecule has 0 radical (unpaired) electrons. The molecule has 1 fully saturated rings. The fourth-order valence-electron chi connectivity index (χ4n) is 1.54. The summed E-state index contributed by atoms with van der Waals surface area (Å²) >= 11 is 10.6. The van der Waals surface area contributed by atoms with Gasteiger partial charge in [-0.2, -0.15) is 0 Å². The van der Waals surface area contributed by atoms with Crippen molar-refractivity contribution in [2.24, 2.45) is 0 Å². The van der Waals surface area contributed by atoms with Gasteiger partial charge in [-0.25, -0.2) is 0 Å². The Morgan fingerprint density at radius 2 is 2.50 bits per heavy atom. The number of hydrogen-bond acceptors (Lipinski definition) is 3. The normalized spacial score (nSPS) is 24.1. The molecule has 1 N–H and O–H groups in total. The summed E-state index contributed by atoms with van der Waals surface area (Å²) in [4.78, 5) is 0.869. The topological polar surface area (TPSA) is 29.5 Å². The molecule has 0 bridgehead atoms. The van der Waals surface area contributed by atoms with E-state index in [4.69, 9.17) is 16.3 Å². The minimum Gasteiger partial charge on any atom is -0.385 e. The van der Waals surface area contributed by atoms with E-state index in [2.05, 4.69) is 15.9 Å². The van der Waals surface area contributed by atoms with Crippen molar-refractivity contribution >= 4 is 38.9 Å². The minimum absolute atomic E-state index is 0.0587. The molecule has 1 aromatic heterocycles. The third kappa shape index (κ3) is 2.14. The van der Waals surface area contributed by atoms with E-state index in [-0.39, 0.29) is 6.10 Å². The first kappa shape index (κ1) is 10.9. The fourth-order valence-corrected chi connectivity index (χ4v) is 3.32. The van der Waals surface area contributed by atoms with Crippen LogP contribution in [-0.2, 0) is 4.74 Å². The number of thiophene rings is 1. The van der Waals surface area contributed by atoms with Gasteiger partial charge in [0, 0.05) is 16.0 Å². The zero-order valence-corrected chi connectivity index (χ0v) is 10.5. The van der Waals surface area contributed by atoms with E-state index in [1.807, 2.05) is 6.07 Å². The lowest BCUT2D eigenvalue weighted by Gasteiger charge is -2.15. The van der Waals surface area contributed by atoms with Crippen LogP contribution in [0.15, 0.2) is 10.5 Å². The first-order valence-electron chi connectivity index (χ1n) is 4.43. The number of hydrogen-bond donors (Lipinski definition) is 1. The average molecular weight is 298 g/mol. The summed E-state index contributed by atoms with van der Waals surface area (Å²) in [6.07, 6.45) is 1.36. The molecule has 0 aliphatic carbocycles. The summed E-state index contributed by atoms with van der Waals surface area (Å²) in [7, 11) is 0. The van der Waals surface area contributed by atoms with Crippen molar-refractivity contribution in [3.05, 3.63) is 19.8 Å². The van der Waals surface area contributed by atoms with Crippen LogP contribution in [0.2, 0.25) is 4.34 Å². The van der Waals surface area contributed by atoms with Crippen LogP contribution in [0.4, 0.5) is 0 Å². The SMILES string of the molecule is OC(c1cc(Br)c(Cl)s1)C1CCCO1. The summed E-state index contributed by atoms with van der Waals surface area (Å²) in [5, 5.41) is 9.96. The molecule has 2 nitrogen and oxygen atoms in total. The molecule has 1 aliphatic heterocycles. The highest BCUT2D eigenvalue weighted by atomic mass is 79.9. The maximum absolute atomic E-state index is 9.96. The van der Waals surface area contributed by atoms with Crippen LogP contribution in [0.25, 0.3) is 0 Å². The Kier molecular flexibility index (Phi) is 3.50. The highest BCUT2D eigenvalue weighted by Gasteiger charge is 2.27. The van der Waals surface area contributed by atoms with Gasteiger partial charge < -0.3 is 9.84 Å². The van der Waals surface area contributed by atoms with E-state index in [0.717, 1.165) is 28.8 Å². The minimum atomic E-state index is -0.536. The summed E-state index contributed by atoms with van der Waals surface area (Å²) in [6.45, 7) is 0.752. The predicted octanol–water partition coefficient (Wildman–Crippen LogP) is 3.38. The van der Waals surface area contributed by atoms with Crippen LogP contribution >= 0.6 is 38.9 Å². The van der Waals surface area contributed by atoms with Gasteiger partial charge >= 0.3 is 0 Å². The van der Waals surface area contributed by atoms with Crippen LogP contribution in [0.1, 0.15) is 23.8 Å². The molecule has 14 heavy (non-hydrogen) atoms. The Balaban J connectivity index is 2.13. The molecule has 0 amide bonds. The molecular formula is C9H10BrClO2S. The zero-order chi connectivity index (χ0) is 10.1. The summed E-state index contributed by atoms with van der Waals surface area (Å²) < 4.78 is 6.94. The highest BCUT2D eigenvalue weighted by molar-refractivity contribution is 9.10. The van der Waals surface area contributed by atoms with Gasteiger partial charge in [0.1, 0.15) is 10.4 Å². The van der Waals surface area contributed by atoms with Gasteiger partial charge in [-0.1, -0.05) is 11.6 Å². The van der Waals surface area contributed by atoms with Gasteiger partial charge in [-0.05, 0) is 34.8 Å². The molecular weight excluding hydrogens is 288 g/mol. The van der Waals surface area contributed by atoms with Crippen LogP contribution in [-0.4, -0.2) is 17.8 Å². The second-order valence-corrected chi connectivity index (χ2v) is 5.81. The third-order valence-corrected chi connectivity index (χ3v) is 4.82. The van der Waals surface area contributed by atoms with Crippen LogP contribution in [0.5, 0.6) is 0 Å². The maximum Gasteiger partial charge on any atom is 0.114 e. The number of rotatable bonds is 2. The monoisotopic (exact) mass is 296 g/mol. The Morgan fingerprint density at radius 1 is 1.71 bits per heavy atom. The van der Waals surface area contributed by atoms with Gasteiger partial charge in [-0.15, -0.1) is 11.3 Å². The lowest BCUT2D eigenvalue weighted by atomic mass is 10.1. The molecule has 2 unspecified atom stereocenters. The Hall–Kier alpha value is 0.390. The zero-order valence-electron chi connectivity index (χ0n) is 7.37. The van der Waals surface area contributed by atoms with Crippen molar-refractivity contribution in [2.75, 3.05) is 6.61 Å². The molecule has 2 rings (SSSR count). The molecule has 2 atom stereocenters. The summed E-state index contributed by atoms with van der Waals surface area (Å²) in [5.74, 6) is 0. The molecule has 0 saturated carbocycles. The molecule has 1 saturated heterocycles. The lowest BCUT2D eigenvalue weighted by molar-refractivity contribution is -0.000787. The lowest BCUT2D eigenvalue weighted by Crippen LogP contribution is -2.15. The Bertz CT molecular complexity index is 303. The van der Waals surface area contributed by atoms with Crippen molar-refractivity contribution in [3.63, 3.8) is 0 Å². The van der Waals surface area contributed by atoms with E-state index in [1.165, 1.54) is 11.3 Å². The molecule has 78 valence electrons. The number of aliphatic hydroxyl groups is 1. The standard InChI is InChI=1S/C9H10BrClO2S/c10-5-4-7(14-9(5)11)8(12)6-2-1-3-13-6/h4,6,8,12H,1-3H2. The third-order valence-electron chi connectivity index (χ3n) is 2.27. The maximum atomic E-state index is 9.96. The molecule has 5 heteroatoms. The molecule has 0 spiro atoms. The smallest absolute Gasteiger partial charge is 0.114 e. The number of aliphatic hydroxyl groups excluding tert-OH is 1. The first-order valence-corrected chi connectivity index (χ1v) is 6.41. The van der Waals surface area contributed by atoms with Gasteiger partial charge in [0.15, 0.2) is 0 Å². The Morgan fingerprint density at radius 3 is 3.00 bits per heavy atom. The van der Waals surface area contributed by atoms with E-state index in [1.54, 1.807) is 0 Å². The van der Waals surface area contributed by atoms with Crippen LogP contribution in [0, 0.1) is 0 Å². The number of halogens is 2. The molecule has 1 aliphatic rings. The van der Waals surface area contributed by atoms with Gasteiger partial charge in [0.2, 0.25) is 0 Å². The predicted molar refractivity (Wildman–Crippen MR) is 61.0 cm³/mol. The Labute approximate surface area is 100.0 Å². The van der Waals surface area contributed by atoms with Crippen LogP contribution in [0.3, 0.4) is 0 Å². The summed E-state index contributed by atoms with van der Waals surface area (Å²) in [6, 6.07) is 1.86. The largest absolute Gasteiger partial charge is 0.385 e. The van der Waals surface area contributed by atoms with Crippen molar-refractivity contribution in [3.8, 4) is 0 Å². The molecule has 0 aromatic carbocycles. The second-order valence-electron chi connectivity index (χ2n) is 3.27. The molecule has 2 heterocycles. The molecule has 1 aromatic rings. The van der Waals surface area contributed by atoms with Crippen molar-refractivity contribution < 1.29 is 9.84 Å². The van der Waals surface area contributed by atoms with E-state index in [9.17, 15) is 5.11 Å². The van der Waals surface area contributed by atoms with Crippen LogP contribution < -0.4 is 0 Å². The summed E-state index contributed by atoms with van der Waals surface area (Å²) in [5.41, 5.74) is 0. The van der Waals surface area contributed by atoms with Crippen molar-refractivity contribution in [2.45, 2.75) is 25.0 Å². The fraction of sp³-hybridized carbons (Fsp3) is 0.556. The highest BCUT2D eigenvalue weighted by Crippen LogP contribution is 2.38. The second kappa shape index (κ2) is 4.49. The van der Waals surface area contributed by atoms with E-state index >= 15 is 0 Å². The van der Waals surface area contributed by atoms with E-state index in [0.29, 0.717) is 4.34 Å². The first-order chi connectivity index (χ1) is 6.68. The van der Waals surface area contributed by atoms with Crippen molar-refractivity contribution in [1.82, 2.24) is 0 Å². The van der Waals surface area contributed by atoms with Gasteiger partial charge in [0.05, 0.1) is 6.10 Å². The van der Waals surface area contributed by atoms with E-state index < -0.39 is 6.10 Å². The van der Waals surface area contributed by atoms with Gasteiger partial charge in [-0.3, -0.25) is 0 Å². The van der Waals surface area contributed by atoms with Crippen molar-refractivity contribution in [1.29, 1.82) is 0 Å².